The van der Waals surface area contributed by atoms with E-state index in [9.17, 15) is 0 Å². The van der Waals surface area contributed by atoms with Crippen LogP contribution >= 0.6 is 34.8 Å². The summed E-state index contributed by atoms with van der Waals surface area (Å²) < 4.78 is 0. The molecule has 1 aliphatic heterocycles. The molecule has 2 aromatic rings. The highest BCUT2D eigenvalue weighted by Gasteiger charge is 2.39. The lowest BCUT2D eigenvalue weighted by Crippen LogP contribution is -2.29. The second kappa shape index (κ2) is 5.49. The third kappa shape index (κ3) is 2.23. The maximum absolute atomic E-state index is 6.45. The molecule has 0 saturated heterocycles. The largest absolute Gasteiger partial charge is 0.378 e. The zero-order valence-corrected chi connectivity index (χ0v) is 14.0. The van der Waals surface area contributed by atoms with Gasteiger partial charge in [0.05, 0.1) is 6.04 Å². The quantitative estimate of drug-likeness (QED) is 0.581. The van der Waals surface area contributed by atoms with Crippen molar-refractivity contribution in [2.24, 2.45) is 5.92 Å². The van der Waals surface area contributed by atoms with E-state index in [1.54, 1.807) is 0 Å². The lowest BCUT2D eigenvalue weighted by Gasteiger charge is -2.38. The minimum atomic E-state index is 0.163. The summed E-state index contributed by atoms with van der Waals surface area (Å²) in [7, 11) is 0. The number of benzene rings is 2. The van der Waals surface area contributed by atoms with Gasteiger partial charge in [-0.05, 0) is 36.1 Å². The minimum absolute atomic E-state index is 0.163. The summed E-state index contributed by atoms with van der Waals surface area (Å²) in [4.78, 5) is 0. The molecule has 0 fully saturated rings. The number of fused-ring (bicyclic) bond motifs is 3. The van der Waals surface area contributed by atoms with Crippen LogP contribution in [0.15, 0.2) is 48.6 Å². The van der Waals surface area contributed by atoms with Crippen molar-refractivity contribution in [3.05, 3.63) is 74.7 Å². The van der Waals surface area contributed by atoms with Crippen LogP contribution in [0.4, 0.5) is 5.69 Å². The molecule has 3 atom stereocenters. The van der Waals surface area contributed by atoms with E-state index in [1.807, 2.05) is 30.3 Å². The highest BCUT2D eigenvalue weighted by molar-refractivity contribution is 6.35. The summed E-state index contributed by atoms with van der Waals surface area (Å²) in [5.41, 5.74) is 3.29. The Morgan fingerprint density at radius 1 is 1.00 bits per heavy atom. The minimum Gasteiger partial charge on any atom is -0.378 e. The van der Waals surface area contributed by atoms with E-state index in [0.717, 1.165) is 33.3 Å². The zero-order chi connectivity index (χ0) is 15.3. The van der Waals surface area contributed by atoms with Crippen molar-refractivity contribution in [1.29, 1.82) is 0 Å². The predicted molar refractivity (Wildman–Crippen MR) is 94.3 cm³/mol. The Bertz CT molecular complexity index is 769. The Labute approximate surface area is 144 Å². The first-order valence-corrected chi connectivity index (χ1v) is 8.45. The van der Waals surface area contributed by atoms with Crippen LogP contribution in [0.2, 0.25) is 15.1 Å². The van der Waals surface area contributed by atoms with Crippen LogP contribution in [0, 0.1) is 5.92 Å². The van der Waals surface area contributed by atoms with E-state index in [4.69, 9.17) is 34.8 Å². The molecule has 2 aliphatic rings. The fourth-order valence-electron chi connectivity index (χ4n) is 3.68. The molecule has 4 heteroatoms. The van der Waals surface area contributed by atoms with Gasteiger partial charge in [-0.1, -0.05) is 65.2 Å². The molecule has 1 aliphatic carbocycles. The SMILES string of the molecule is Clc1cc(Cl)c2c(c1)N[C@H](c1ccccc1Cl)[C@H]1CC=C[C@@H]21. The van der Waals surface area contributed by atoms with Gasteiger partial charge in [0.2, 0.25) is 0 Å². The number of rotatable bonds is 1. The van der Waals surface area contributed by atoms with Gasteiger partial charge in [-0.2, -0.15) is 0 Å². The third-order valence-electron chi connectivity index (χ3n) is 4.62. The Kier molecular flexibility index (Phi) is 3.60. The van der Waals surface area contributed by atoms with Gasteiger partial charge in [0, 0.05) is 32.2 Å². The monoisotopic (exact) mass is 349 g/mol. The fourth-order valence-corrected chi connectivity index (χ4v) is 4.55. The van der Waals surface area contributed by atoms with Crippen molar-refractivity contribution in [2.45, 2.75) is 18.4 Å². The van der Waals surface area contributed by atoms with Crippen molar-refractivity contribution in [2.75, 3.05) is 5.32 Å². The van der Waals surface area contributed by atoms with Crippen molar-refractivity contribution < 1.29 is 0 Å². The molecule has 0 amide bonds. The third-order valence-corrected chi connectivity index (χ3v) is 5.50. The number of halogens is 3. The lowest BCUT2D eigenvalue weighted by atomic mass is 9.77. The van der Waals surface area contributed by atoms with Gasteiger partial charge in [0.15, 0.2) is 0 Å². The van der Waals surface area contributed by atoms with Crippen LogP contribution in [0.3, 0.4) is 0 Å². The van der Waals surface area contributed by atoms with Crippen molar-refractivity contribution >= 4 is 40.5 Å². The van der Waals surface area contributed by atoms with Crippen molar-refractivity contribution in [3.63, 3.8) is 0 Å². The summed E-state index contributed by atoms with van der Waals surface area (Å²) in [6, 6.07) is 12.0. The Balaban J connectivity index is 1.86. The van der Waals surface area contributed by atoms with Gasteiger partial charge >= 0.3 is 0 Å². The van der Waals surface area contributed by atoms with Crippen LogP contribution in [-0.4, -0.2) is 0 Å². The molecule has 22 heavy (non-hydrogen) atoms. The molecule has 4 rings (SSSR count). The standard InChI is InChI=1S/C18H14Cl3N/c19-10-8-15(21)17-11-5-3-6-12(11)18(22-16(17)9-10)13-4-1-2-7-14(13)20/h1-5,7-9,11-12,18,22H,6H2/t11-,12+,18+/m1/s1. The number of allylic oxidation sites excluding steroid dienone is 2. The van der Waals surface area contributed by atoms with Gasteiger partial charge in [0.25, 0.3) is 0 Å². The van der Waals surface area contributed by atoms with Crippen LogP contribution in [0.25, 0.3) is 0 Å². The predicted octanol–water partition coefficient (Wildman–Crippen LogP) is 6.47. The molecule has 0 aromatic heterocycles. The molecule has 0 unspecified atom stereocenters. The molecule has 0 spiro atoms. The zero-order valence-electron chi connectivity index (χ0n) is 11.7. The number of hydrogen-bond donors (Lipinski definition) is 1. The van der Waals surface area contributed by atoms with Gasteiger partial charge in [0.1, 0.15) is 0 Å². The summed E-state index contributed by atoms with van der Waals surface area (Å²) >= 11 is 19.1. The van der Waals surface area contributed by atoms with Gasteiger partial charge in [-0.15, -0.1) is 0 Å². The van der Waals surface area contributed by atoms with Crippen molar-refractivity contribution in [1.82, 2.24) is 0 Å². The average molecular weight is 351 g/mol. The molecule has 0 radical (unpaired) electrons. The van der Waals surface area contributed by atoms with Crippen LogP contribution < -0.4 is 5.32 Å². The molecule has 0 bridgehead atoms. The maximum atomic E-state index is 6.45. The van der Waals surface area contributed by atoms with E-state index in [1.165, 1.54) is 0 Å². The van der Waals surface area contributed by atoms with Crippen molar-refractivity contribution in [3.8, 4) is 0 Å². The number of anilines is 1. The molecule has 1 heterocycles. The van der Waals surface area contributed by atoms with E-state index in [-0.39, 0.29) is 6.04 Å². The number of nitrogens with one attached hydrogen (secondary N) is 1. The molecule has 2 aromatic carbocycles. The Morgan fingerprint density at radius 3 is 2.64 bits per heavy atom. The second-order valence-electron chi connectivity index (χ2n) is 5.85. The summed E-state index contributed by atoms with van der Waals surface area (Å²) in [6.45, 7) is 0. The summed E-state index contributed by atoms with van der Waals surface area (Å²) in [5.74, 6) is 0.730. The molecule has 0 saturated carbocycles. The van der Waals surface area contributed by atoms with Gasteiger partial charge in [-0.25, -0.2) is 0 Å². The normalized spacial score (nSPS) is 25.5. The van der Waals surface area contributed by atoms with Gasteiger partial charge < -0.3 is 5.32 Å². The first-order valence-electron chi connectivity index (χ1n) is 7.31. The Morgan fingerprint density at radius 2 is 1.82 bits per heavy atom. The van der Waals surface area contributed by atoms with Crippen LogP contribution in [0.1, 0.15) is 29.5 Å². The van der Waals surface area contributed by atoms with E-state index < -0.39 is 0 Å². The van der Waals surface area contributed by atoms with E-state index in [0.29, 0.717) is 16.9 Å². The fraction of sp³-hybridized carbons (Fsp3) is 0.222. The van der Waals surface area contributed by atoms with E-state index in [2.05, 4.69) is 23.5 Å². The summed E-state index contributed by atoms with van der Waals surface area (Å²) in [5, 5.41) is 5.79. The molecular weight excluding hydrogens is 337 g/mol. The van der Waals surface area contributed by atoms with Gasteiger partial charge in [-0.3, -0.25) is 0 Å². The molecule has 1 N–H and O–H groups in total. The van der Waals surface area contributed by atoms with Crippen LogP contribution in [-0.2, 0) is 0 Å². The second-order valence-corrected chi connectivity index (χ2v) is 7.10. The number of hydrogen-bond acceptors (Lipinski definition) is 1. The van der Waals surface area contributed by atoms with E-state index >= 15 is 0 Å². The topological polar surface area (TPSA) is 12.0 Å². The Hall–Kier alpha value is -1.15. The highest BCUT2D eigenvalue weighted by atomic mass is 35.5. The first kappa shape index (κ1) is 14.4. The molecule has 1 nitrogen and oxygen atoms in total. The smallest absolute Gasteiger partial charge is 0.0568 e. The maximum Gasteiger partial charge on any atom is 0.0568 e. The lowest BCUT2D eigenvalue weighted by molar-refractivity contribution is 0.426. The van der Waals surface area contributed by atoms with Crippen LogP contribution in [0.5, 0.6) is 0 Å². The average Bonchev–Trinajstić information content (AvgIpc) is 2.95. The summed E-state index contributed by atoms with van der Waals surface area (Å²) in [6.07, 6.45) is 5.51. The molecule has 112 valence electrons. The first-order chi connectivity index (χ1) is 10.6. The highest BCUT2D eigenvalue weighted by Crippen LogP contribution is 2.53. The molecular formula is C18H14Cl3N.